The zero-order chi connectivity index (χ0) is 20.3. The van der Waals surface area contributed by atoms with Crippen LogP contribution in [-0.4, -0.2) is 56.6 Å². The highest BCUT2D eigenvalue weighted by atomic mass is 16.2. The molecule has 7 heteroatoms. The van der Waals surface area contributed by atoms with Crippen molar-refractivity contribution in [3.8, 4) is 0 Å². The number of aryl methyl sites for hydroxylation is 2. The van der Waals surface area contributed by atoms with E-state index in [0.717, 1.165) is 22.9 Å². The number of benzene rings is 2. The number of aromatic nitrogens is 2. The molecule has 1 saturated carbocycles. The molecule has 5 rings (SSSR count). The van der Waals surface area contributed by atoms with Gasteiger partial charge in [0.25, 0.3) is 11.8 Å². The van der Waals surface area contributed by atoms with Gasteiger partial charge in [-0.2, -0.15) is 5.10 Å². The van der Waals surface area contributed by atoms with Gasteiger partial charge in [0.15, 0.2) is 0 Å². The van der Waals surface area contributed by atoms with Crippen molar-refractivity contribution in [2.24, 2.45) is 7.05 Å². The van der Waals surface area contributed by atoms with Crippen molar-refractivity contribution in [2.75, 3.05) is 18.8 Å². The van der Waals surface area contributed by atoms with Crippen LogP contribution in [0.15, 0.2) is 42.6 Å². The van der Waals surface area contributed by atoms with Gasteiger partial charge >= 0.3 is 0 Å². The van der Waals surface area contributed by atoms with Crippen LogP contribution < -0.4 is 5.73 Å². The molecule has 1 aromatic heterocycles. The standard InChI is InChI=1S/C22H23N5O2/c1-13-7-16(9-17(23)8-13)22(29)27-6-5-26(19-11-20(19)27)21(28)14-3-4-15-12-25(2)24-18(15)10-14/h3-4,7-10,12,19-20H,5-6,11,23H2,1-2H3. The monoisotopic (exact) mass is 389 g/mol. The first-order chi connectivity index (χ1) is 13.9. The van der Waals surface area contributed by atoms with Gasteiger partial charge in [-0.1, -0.05) is 6.07 Å². The molecule has 148 valence electrons. The number of piperazine rings is 1. The first-order valence-corrected chi connectivity index (χ1v) is 9.83. The van der Waals surface area contributed by atoms with E-state index in [2.05, 4.69) is 5.10 Å². The average molecular weight is 389 g/mol. The maximum Gasteiger partial charge on any atom is 0.254 e. The molecule has 3 aromatic rings. The highest BCUT2D eigenvalue weighted by molar-refractivity contribution is 5.99. The lowest BCUT2D eigenvalue weighted by Gasteiger charge is -2.34. The van der Waals surface area contributed by atoms with Gasteiger partial charge in [0.2, 0.25) is 0 Å². The fraction of sp³-hybridized carbons (Fsp3) is 0.318. The van der Waals surface area contributed by atoms with E-state index in [1.54, 1.807) is 10.7 Å². The number of hydrogen-bond acceptors (Lipinski definition) is 4. The molecule has 0 radical (unpaired) electrons. The topological polar surface area (TPSA) is 84.5 Å². The van der Waals surface area contributed by atoms with Gasteiger partial charge in [-0.05, 0) is 49.2 Å². The molecule has 1 aliphatic carbocycles. The Balaban J connectivity index is 1.33. The number of nitrogen functional groups attached to an aromatic ring is 1. The highest BCUT2D eigenvalue weighted by Crippen LogP contribution is 2.38. The summed E-state index contributed by atoms with van der Waals surface area (Å²) in [4.78, 5) is 29.9. The molecule has 2 unspecified atom stereocenters. The summed E-state index contributed by atoms with van der Waals surface area (Å²) in [6.45, 7) is 3.00. The van der Waals surface area contributed by atoms with Crippen LogP contribution in [0.1, 0.15) is 32.7 Å². The molecule has 1 aliphatic heterocycles. The zero-order valence-electron chi connectivity index (χ0n) is 16.5. The number of hydrogen-bond donors (Lipinski definition) is 1. The second kappa shape index (κ2) is 6.34. The number of carbonyl (C=O) groups excluding carboxylic acids is 2. The van der Waals surface area contributed by atoms with E-state index >= 15 is 0 Å². The van der Waals surface area contributed by atoms with E-state index in [9.17, 15) is 9.59 Å². The first kappa shape index (κ1) is 17.7. The molecule has 29 heavy (non-hydrogen) atoms. The van der Waals surface area contributed by atoms with Crippen LogP contribution >= 0.6 is 0 Å². The van der Waals surface area contributed by atoms with E-state index in [0.29, 0.717) is 29.9 Å². The molecule has 0 spiro atoms. The Morgan fingerprint density at radius 1 is 1.00 bits per heavy atom. The Morgan fingerprint density at radius 2 is 1.69 bits per heavy atom. The number of amides is 2. The minimum atomic E-state index is -0.00472. The first-order valence-electron chi connectivity index (χ1n) is 9.83. The van der Waals surface area contributed by atoms with Crippen LogP contribution in [0.4, 0.5) is 5.69 Å². The molecule has 0 bridgehead atoms. The summed E-state index contributed by atoms with van der Waals surface area (Å²) in [5.74, 6) is 0.00635. The predicted octanol–water partition coefficient (Wildman–Crippen LogP) is 2.20. The van der Waals surface area contributed by atoms with Crippen molar-refractivity contribution in [3.63, 3.8) is 0 Å². The van der Waals surface area contributed by atoms with Crippen LogP contribution in [0.3, 0.4) is 0 Å². The zero-order valence-corrected chi connectivity index (χ0v) is 16.5. The summed E-state index contributed by atoms with van der Waals surface area (Å²) in [5, 5.41) is 5.41. The summed E-state index contributed by atoms with van der Waals surface area (Å²) in [5.41, 5.74) is 9.56. The fourth-order valence-corrected chi connectivity index (χ4v) is 4.43. The Bertz CT molecular complexity index is 1130. The van der Waals surface area contributed by atoms with Crippen molar-refractivity contribution in [3.05, 3.63) is 59.3 Å². The lowest BCUT2D eigenvalue weighted by molar-refractivity contribution is 0.0526. The van der Waals surface area contributed by atoms with E-state index in [-0.39, 0.29) is 23.9 Å². The van der Waals surface area contributed by atoms with Crippen molar-refractivity contribution >= 4 is 28.4 Å². The fourth-order valence-electron chi connectivity index (χ4n) is 4.43. The van der Waals surface area contributed by atoms with Crippen molar-refractivity contribution < 1.29 is 9.59 Å². The quantitative estimate of drug-likeness (QED) is 0.681. The summed E-state index contributed by atoms with van der Waals surface area (Å²) < 4.78 is 1.75. The van der Waals surface area contributed by atoms with Gasteiger partial charge < -0.3 is 15.5 Å². The summed E-state index contributed by atoms with van der Waals surface area (Å²) in [6.07, 6.45) is 2.76. The van der Waals surface area contributed by atoms with Crippen LogP contribution in [-0.2, 0) is 7.05 Å². The van der Waals surface area contributed by atoms with Crippen molar-refractivity contribution in [1.82, 2.24) is 19.6 Å². The second-order valence-corrected chi connectivity index (χ2v) is 8.08. The summed E-state index contributed by atoms with van der Waals surface area (Å²) in [6, 6.07) is 11.3. The van der Waals surface area contributed by atoms with Crippen molar-refractivity contribution in [2.45, 2.75) is 25.4 Å². The highest BCUT2D eigenvalue weighted by Gasteiger charge is 2.52. The molecule has 2 fully saturated rings. The smallest absolute Gasteiger partial charge is 0.254 e. The van der Waals surface area contributed by atoms with Gasteiger partial charge in [0.05, 0.1) is 17.6 Å². The molecule has 2 aliphatic rings. The Morgan fingerprint density at radius 3 is 2.38 bits per heavy atom. The molecule has 7 nitrogen and oxygen atoms in total. The largest absolute Gasteiger partial charge is 0.399 e. The third-order valence-corrected chi connectivity index (χ3v) is 5.84. The predicted molar refractivity (Wildman–Crippen MR) is 111 cm³/mol. The van der Waals surface area contributed by atoms with E-state index < -0.39 is 0 Å². The Labute approximate surface area is 168 Å². The lowest BCUT2D eigenvalue weighted by atomic mass is 10.1. The summed E-state index contributed by atoms with van der Waals surface area (Å²) in [7, 11) is 1.87. The Kier molecular flexibility index (Phi) is 3.87. The molecule has 2 heterocycles. The van der Waals surface area contributed by atoms with E-state index in [1.165, 1.54) is 0 Å². The average Bonchev–Trinajstić information content (AvgIpc) is 3.39. The molecule has 2 N–H and O–H groups in total. The number of carbonyl (C=O) groups is 2. The molecule has 2 amide bonds. The van der Waals surface area contributed by atoms with Crippen molar-refractivity contribution in [1.29, 1.82) is 0 Å². The molecule has 2 aromatic carbocycles. The van der Waals surface area contributed by atoms with E-state index in [1.807, 2.05) is 60.3 Å². The molecular formula is C22H23N5O2. The maximum absolute atomic E-state index is 13.1. The maximum atomic E-state index is 13.1. The van der Waals surface area contributed by atoms with Gasteiger partial charge in [-0.15, -0.1) is 0 Å². The van der Waals surface area contributed by atoms with E-state index in [4.69, 9.17) is 5.73 Å². The number of rotatable bonds is 2. The third kappa shape index (κ3) is 3.03. The minimum absolute atomic E-state index is 0.00472. The number of fused-ring (bicyclic) bond motifs is 2. The van der Waals surface area contributed by atoms with Gasteiger partial charge in [-0.25, -0.2) is 0 Å². The van der Waals surface area contributed by atoms with Crippen LogP contribution in [0.25, 0.3) is 10.9 Å². The lowest BCUT2D eigenvalue weighted by Crippen LogP contribution is -2.50. The SMILES string of the molecule is Cc1cc(N)cc(C(=O)N2CCN(C(=O)c3ccc4cn(C)nc4c3)C3CC32)c1. The molecule has 1 saturated heterocycles. The van der Waals surface area contributed by atoms with Crippen LogP contribution in [0.2, 0.25) is 0 Å². The summed E-state index contributed by atoms with van der Waals surface area (Å²) >= 11 is 0. The normalized spacial score (nSPS) is 20.6. The number of anilines is 1. The van der Waals surface area contributed by atoms with Gasteiger partial charge in [-0.3, -0.25) is 14.3 Å². The van der Waals surface area contributed by atoms with Crippen LogP contribution in [0, 0.1) is 6.92 Å². The van der Waals surface area contributed by atoms with Gasteiger partial charge in [0.1, 0.15) is 0 Å². The molecule has 2 atom stereocenters. The third-order valence-electron chi connectivity index (χ3n) is 5.84. The minimum Gasteiger partial charge on any atom is -0.399 e. The second-order valence-electron chi connectivity index (χ2n) is 8.08. The number of nitrogens with zero attached hydrogens (tertiary/aromatic N) is 4. The number of nitrogens with two attached hydrogens (primary N) is 1. The van der Waals surface area contributed by atoms with Gasteiger partial charge in [0, 0.05) is 48.5 Å². The Hall–Kier alpha value is -3.35. The molecular weight excluding hydrogens is 366 g/mol. The van der Waals surface area contributed by atoms with Crippen LogP contribution in [0.5, 0.6) is 0 Å².